The average molecular weight is 433 g/mol. The molecule has 2 amide bonds. The highest BCUT2D eigenvalue weighted by Gasteiger charge is 2.36. The first-order chi connectivity index (χ1) is 14.6. The molecule has 4 atom stereocenters. The van der Waals surface area contributed by atoms with Crippen molar-refractivity contribution in [3.05, 3.63) is 29.8 Å². The maximum absolute atomic E-state index is 13.5. The number of carbonyl (C=O) groups excluding carboxylic acids is 2. The van der Waals surface area contributed by atoms with Crippen molar-refractivity contribution in [2.45, 2.75) is 70.2 Å². The number of nitriles is 1. The molecule has 0 bridgehead atoms. The standard InChI is InChI=1S/C23H33FN4O3/c1-15(17-6-8-20(31-5)9-7-17)16(2)27-21(29)11-23(3,4)26-13-22(30)28-14-18(24)10-19(28)12-25/h6-9,15-16,18-19,26H,10-11,13-14H2,1-5H3,(H,27,29)/t15-,16?,18-,19-/m0/s1. The molecule has 1 aliphatic rings. The minimum Gasteiger partial charge on any atom is -0.497 e. The van der Waals surface area contributed by atoms with Gasteiger partial charge in [-0.1, -0.05) is 19.1 Å². The zero-order chi connectivity index (χ0) is 23.2. The molecule has 1 aliphatic heterocycles. The Bertz CT molecular complexity index is 806. The van der Waals surface area contributed by atoms with E-state index in [1.54, 1.807) is 7.11 Å². The van der Waals surface area contributed by atoms with Crippen molar-refractivity contribution in [3.8, 4) is 11.8 Å². The van der Waals surface area contributed by atoms with Gasteiger partial charge < -0.3 is 20.3 Å². The maximum atomic E-state index is 13.5. The Morgan fingerprint density at radius 3 is 2.55 bits per heavy atom. The van der Waals surface area contributed by atoms with E-state index in [4.69, 9.17) is 10.00 Å². The molecule has 1 unspecified atom stereocenters. The first kappa shape index (κ1) is 24.6. The van der Waals surface area contributed by atoms with Crippen LogP contribution in [-0.4, -0.2) is 60.7 Å². The van der Waals surface area contributed by atoms with Crippen molar-refractivity contribution in [2.24, 2.45) is 0 Å². The van der Waals surface area contributed by atoms with Crippen LogP contribution < -0.4 is 15.4 Å². The predicted molar refractivity (Wildman–Crippen MR) is 116 cm³/mol. The van der Waals surface area contributed by atoms with Crippen LogP contribution in [0.3, 0.4) is 0 Å². The number of nitrogens with zero attached hydrogens (tertiary/aromatic N) is 2. The molecule has 0 aromatic heterocycles. The Morgan fingerprint density at radius 1 is 1.32 bits per heavy atom. The number of halogens is 1. The van der Waals surface area contributed by atoms with Crippen LogP contribution in [0.2, 0.25) is 0 Å². The van der Waals surface area contributed by atoms with Crippen LogP contribution in [0.15, 0.2) is 24.3 Å². The largest absolute Gasteiger partial charge is 0.497 e. The molecular formula is C23H33FN4O3. The molecule has 2 rings (SSSR count). The van der Waals surface area contributed by atoms with E-state index < -0.39 is 17.8 Å². The number of rotatable bonds is 9. The molecule has 7 nitrogen and oxygen atoms in total. The number of methoxy groups -OCH3 is 1. The van der Waals surface area contributed by atoms with E-state index in [-0.39, 0.29) is 49.7 Å². The molecule has 1 heterocycles. The molecule has 1 fully saturated rings. The fraction of sp³-hybridized carbons (Fsp3) is 0.609. The number of alkyl halides is 1. The summed E-state index contributed by atoms with van der Waals surface area (Å²) in [6.07, 6.45) is -0.937. The first-order valence-corrected chi connectivity index (χ1v) is 10.6. The van der Waals surface area contributed by atoms with Crippen LogP contribution in [0.5, 0.6) is 5.75 Å². The van der Waals surface area contributed by atoms with E-state index in [0.717, 1.165) is 11.3 Å². The number of nitrogens with one attached hydrogen (secondary N) is 2. The Labute approximate surface area is 183 Å². The SMILES string of the molecule is COc1ccc([C@@H](C)C(C)NC(=O)CC(C)(C)NCC(=O)N2C[C@@H](F)C[C@H]2C#N)cc1. The normalized spacial score (nSPS) is 20.6. The van der Waals surface area contributed by atoms with E-state index in [1.165, 1.54) is 4.90 Å². The lowest BCUT2D eigenvalue weighted by Crippen LogP contribution is -2.50. The summed E-state index contributed by atoms with van der Waals surface area (Å²) in [7, 11) is 1.62. The minimum absolute atomic E-state index is 0.0526. The lowest BCUT2D eigenvalue weighted by molar-refractivity contribution is -0.131. The van der Waals surface area contributed by atoms with Crippen molar-refractivity contribution in [3.63, 3.8) is 0 Å². The van der Waals surface area contributed by atoms with Gasteiger partial charge in [-0.05, 0) is 38.5 Å². The van der Waals surface area contributed by atoms with E-state index in [9.17, 15) is 14.0 Å². The first-order valence-electron chi connectivity index (χ1n) is 10.6. The van der Waals surface area contributed by atoms with E-state index in [0.29, 0.717) is 0 Å². The van der Waals surface area contributed by atoms with E-state index >= 15 is 0 Å². The van der Waals surface area contributed by atoms with Crippen LogP contribution in [0.4, 0.5) is 4.39 Å². The molecule has 170 valence electrons. The van der Waals surface area contributed by atoms with Gasteiger partial charge in [0.15, 0.2) is 0 Å². The molecule has 0 radical (unpaired) electrons. The molecule has 0 aliphatic carbocycles. The van der Waals surface area contributed by atoms with Gasteiger partial charge in [-0.25, -0.2) is 4.39 Å². The molecule has 31 heavy (non-hydrogen) atoms. The van der Waals surface area contributed by atoms with Gasteiger partial charge in [0.1, 0.15) is 18.0 Å². The highest BCUT2D eigenvalue weighted by Crippen LogP contribution is 2.23. The highest BCUT2D eigenvalue weighted by molar-refractivity contribution is 5.80. The minimum atomic E-state index is -1.17. The van der Waals surface area contributed by atoms with Gasteiger partial charge in [0.2, 0.25) is 11.8 Å². The number of benzene rings is 1. The van der Waals surface area contributed by atoms with Gasteiger partial charge in [-0.2, -0.15) is 5.26 Å². The average Bonchev–Trinajstić information content (AvgIpc) is 3.12. The van der Waals surface area contributed by atoms with Gasteiger partial charge in [0.05, 0.1) is 26.3 Å². The van der Waals surface area contributed by atoms with E-state index in [1.807, 2.05) is 51.1 Å². The number of likely N-dealkylation sites (tertiary alicyclic amines) is 1. The third-order valence-electron chi connectivity index (χ3n) is 5.82. The highest BCUT2D eigenvalue weighted by atomic mass is 19.1. The summed E-state index contributed by atoms with van der Waals surface area (Å²) in [5.41, 5.74) is 0.459. The number of carbonyl (C=O) groups is 2. The lowest BCUT2D eigenvalue weighted by atomic mass is 9.93. The Morgan fingerprint density at radius 2 is 1.97 bits per heavy atom. The van der Waals surface area contributed by atoms with Gasteiger partial charge >= 0.3 is 0 Å². The Kier molecular flexibility index (Phi) is 8.40. The zero-order valence-electron chi connectivity index (χ0n) is 18.9. The molecular weight excluding hydrogens is 399 g/mol. The molecule has 0 saturated carbocycles. The summed E-state index contributed by atoms with van der Waals surface area (Å²) >= 11 is 0. The van der Waals surface area contributed by atoms with Crippen molar-refractivity contribution >= 4 is 11.8 Å². The second-order valence-corrected chi connectivity index (χ2v) is 8.86. The van der Waals surface area contributed by atoms with Crippen LogP contribution in [0, 0.1) is 11.3 Å². The fourth-order valence-electron chi connectivity index (χ4n) is 3.69. The molecule has 2 N–H and O–H groups in total. The third-order valence-corrected chi connectivity index (χ3v) is 5.82. The smallest absolute Gasteiger partial charge is 0.237 e. The quantitative estimate of drug-likeness (QED) is 0.625. The fourth-order valence-corrected chi connectivity index (χ4v) is 3.69. The van der Waals surface area contributed by atoms with Crippen LogP contribution in [0.1, 0.15) is 52.0 Å². The molecule has 8 heteroatoms. The maximum Gasteiger partial charge on any atom is 0.237 e. The van der Waals surface area contributed by atoms with Crippen molar-refractivity contribution in [1.29, 1.82) is 5.26 Å². The summed E-state index contributed by atoms with van der Waals surface area (Å²) in [6, 6.07) is 8.92. The zero-order valence-corrected chi connectivity index (χ0v) is 18.9. The van der Waals surface area contributed by atoms with Gasteiger partial charge in [-0.15, -0.1) is 0 Å². The number of hydrogen-bond donors (Lipinski definition) is 2. The van der Waals surface area contributed by atoms with Crippen molar-refractivity contribution in [1.82, 2.24) is 15.5 Å². The molecule has 1 aromatic carbocycles. The summed E-state index contributed by atoms with van der Waals surface area (Å²) in [4.78, 5) is 26.3. The van der Waals surface area contributed by atoms with Crippen molar-refractivity contribution in [2.75, 3.05) is 20.2 Å². The second-order valence-electron chi connectivity index (χ2n) is 8.86. The molecule has 1 saturated heterocycles. The van der Waals surface area contributed by atoms with Crippen LogP contribution >= 0.6 is 0 Å². The van der Waals surface area contributed by atoms with Gasteiger partial charge in [-0.3, -0.25) is 9.59 Å². The topological polar surface area (TPSA) is 94.5 Å². The molecule has 0 spiro atoms. The predicted octanol–water partition coefficient (Wildman–Crippen LogP) is 2.52. The van der Waals surface area contributed by atoms with Crippen LogP contribution in [-0.2, 0) is 9.59 Å². The summed E-state index contributed by atoms with van der Waals surface area (Å²) in [6.45, 7) is 7.57. The van der Waals surface area contributed by atoms with Crippen molar-refractivity contribution < 1.29 is 18.7 Å². The van der Waals surface area contributed by atoms with Crippen LogP contribution in [0.25, 0.3) is 0 Å². The summed E-state index contributed by atoms with van der Waals surface area (Å²) in [5, 5.41) is 15.2. The summed E-state index contributed by atoms with van der Waals surface area (Å²) < 4.78 is 18.7. The number of hydrogen-bond acceptors (Lipinski definition) is 5. The van der Waals surface area contributed by atoms with E-state index in [2.05, 4.69) is 17.6 Å². The number of amides is 2. The number of ether oxygens (including phenoxy) is 1. The van der Waals surface area contributed by atoms with Gasteiger partial charge in [0, 0.05) is 30.3 Å². The summed E-state index contributed by atoms with van der Waals surface area (Å²) in [5.74, 6) is 0.436. The molecule has 1 aromatic rings. The lowest BCUT2D eigenvalue weighted by Gasteiger charge is -2.29. The monoisotopic (exact) mass is 432 g/mol. The Balaban J connectivity index is 1.84. The second kappa shape index (κ2) is 10.6. The third kappa shape index (κ3) is 6.93. The van der Waals surface area contributed by atoms with Gasteiger partial charge in [0.25, 0.3) is 0 Å². The Hall–Kier alpha value is -2.66.